The number of benzene rings is 2. The second-order valence-electron chi connectivity index (χ2n) is 5.51. The predicted octanol–water partition coefficient (Wildman–Crippen LogP) is 4.55. The minimum atomic E-state index is -4.17. The molecule has 0 aliphatic heterocycles. The lowest BCUT2D eigenvalue weighted by atomic mass is 10.0. The van der Waals surface area contributed by atoms with E-state index in [1.54, 1.807) is 30.3 Å². The number of hydrogen-bond donors (Lipinski definition) is 1. The second kappa shape index (κ2) is 8.36. The number of hydrogen-bond acceptors (Lipinski definition) is 4. The summed E-state index contributed by atoms with van der Waals surface area (Å²) in [4.78, 5) is 11.1. The molecule has 0 fully saturated rings. The van der Waals surface area contributed by atoms with Gasteiger partial charge in [0.2, 0.25) is 0 Å². The third-order valence-electron chi connectivity index (χ3n) is 3.64. The van der Waals surface area contributed by atoms with Crippen LogP contribution < -0.4 is 4.74 Å². The van der Waals surface area contributed by atoms with E-state index in [4.69, 9.17) is 15.4 Å². The summed E-state index contributed by atoms with van der Waals surface area (Å²) in [5, 5.41) is 9.28. The first-order valence-corrected chi connectivity index (χ1v) is 10.2. The van der Waals surface area contributed by atoms with Gasteiger partial charge in [-0.05, 0) is 24.1 Å². The molecule has 0 bridgehead atoms. The smallest absolute Gasteiger partial charge is 0.335 e. The Bertz CT molecular complexity index is 847. The Hall–Kier alpha value is -2.05. The zero-order valence-corrected chi connectivity index (χ0v) is 15.3. The van der Waals surface area contributed by atoms with Crippen molar-refractivity contribution in [3.63, 3.8) is 0 Å². The first-order valence-electron chi connectivity index (χ1n) is 7.88. The number of halogens is 1. The van der Waals surface area contributed by atoms with Gasteiger partial charge in [-0.1, -0.05) is 50.1 Å². The molecule has 0 aliphatic carbocycles. The third-order valence-corrected chi connectivity index (χ3v) is 4.99. The van der Waals surface area contributed by atoms with Crippen LogP contribution in [0.5, 0.6) is 5.75 Å². The van der Waals surface area contributed by atoms with E-state index in [0.717, 1.165) is 25.3 Å². The number of aromatic carboxylic acids is 1. The van der Waals surface area contributed by atoms with Gasteiger partial charge in [0.25, 0.3) is 9.05 Å². The number of carbonyl (C=O) groups is 1. The van der Waals surface area contributed by atoms with Crippen molar-refractivity contribution < 1.29 is 23.1 Å². The van der Waals surface area contributed by atoms with Crippen LogP contribution in [0.3, 0.4) is 0 Å². The first-order chi connectivity index (χ1) is 11.8. The Balaban J connectivity index is 2.64. The molecule has 134 valence electrons. The lowest BCUT2D eigenvalue weighted by Gasteiger charge is -2.16. The summed E-state index contributed by atoms with van der Waals surface area (Å²) in [5.74, 6) is -1.05. The number of carboxylic acids is 1. The zero-order chi connectivity index (χ0) is 18.4. The van der Waals surface area contributed by atoms with Crippen molar-refractivity contribution in [2.24, 2.45) is 0 Å². The van der Waals surface area contributed by atoms with E-state index < -0.39 is 15.0 Å². The van der Waals surface area contributed by atoms with Crippen LogP contribution in [0.15, 0.2) is 47.4 Å². The molecule has 2 aromatic rings. The highest BCUT2D eigenvalue weighted by atomic mass is 35.7. The summed E-state index contributed by atoms with van der Waals surface area (Å²) in [6, 6.07) is 11.2. The van der Waals surface area contributed by atoms with Crippen LogP contribution in [0.2, 0.25) is 0 Å². The van der Waals surface area contributed by atoms with Crippen molar-refractivity contribution in [2.75, 3.05) is 6.61 Å². The van der Waals surface area contributed by atoms with Gasteiger partial charge in [-0.15, -0.1) is 0 Å². The van der Waals surface area contributed by atoms with Crippen molar-refractivity contribution in [1.82, 2.24) is 0 Å². The van der Waals surface area contributed by atoms with Crippen LogP contribution in [0.25, 0.3) is 11.1 Å². The Morgan fingerprint density at radius 2 is 1.84 bits per heavy atom. The highest BCUT2D eigenvalue weighted by Crippen LogP contribution is 2.39. The summed E-state index contributed by atoms with van der Waals surface area (Å²) in [7, 11) is 1.40. The van der Waals surface area contributed by atoms with Gasteiger partial charge in [0.05, 0.1) is 17.1 Å². The minimum Gasteiger partial charge on any atom is -0.493 e. The lowest BCUT2D eigenvalue weighted by molar-refractivity contribution is 0.0696. The maximum absolute atomic E-state index is 12.0. The zero-order valence-electron chi connectivity index (χ0n) is 13.7. The minimum absolute atomic E-state index is 0.190. The summed E-state index contributed by atoms with van der Waals surface area (Å²) >= 11 is 0. The molecular formula is C18H19ClO5S. The molecule has 0 radical (unpaired) electrons. The van der Waals surface area contributed by atoms with E-state index in [1.165, 1.54) is 6.07 Å². The average molecular weight is 383 g/mol. The fourth-order valence-electron chi connectivity index (χ4n) is 2.44. The van der Waals surface area contributed by atoms with Gasteiger partial charge in [0.15, 0.2) is 0 Å². The SMILES string of the molecule is CCCCCOc1cc(C(=O)O)cc(S(=O)(=O)Cl)c1-c1ccccc1. The van der Waals surface area contributed by atoms with Crippen LogP contribution in [0.1, 0.15) is 36.5 Å². The summed E-state index contributed by atoms with van der Waals surface area (Å²) in [6.07, 6.45) is 2.75. The molecule has 0 aromatic heterocycles. The number of unbranched alkanes of at least 4 members (excludes halogenated alkanes) is 2. The molecule has 5 nitrogen and oxygen atoms in total. The number of carboxylic acid groups (broad SMARTS) is 1. The van der Waals surface area contributed by atoms with E-state index in [-0.39, 0.29) is 21.8 Å². The van der Waals surface area contributed by atoms with Gasteiger partial charge in [0, 0.05) is 16.2 Å². The van der Waals surface area contributed by atoms with Crippen LogP contribution in [0, 0.1) is 0 Å². The van der Waals surface area contributed by atoms with E-state index >= 15 is 0 Å². The molecule has 25 heavy (non-hydrogen) atoms. The van der Waals surface area contributed by atoms with E-state index in [1.807, 2.05) is 0 Å². The van der Waals surface area contributed by atoms with Crippen molar-refractivity contribution in [2.45, 2.75) is 31.1 Å². The van der Waals surface area contributed by atoms with Gasteiger partial charge in [-0.2, -0.15) is 0 Å². The largest absolute Gasteiger partial charge is 0.493 e. The number of ether oxygens (including phenoxy) is 1. The Morgan fingerprint density at radius 3 is 2.40 bits per heavy atom. The van der Waals surface area contributed by atoms with E-state index in [0.29, 0.717) is 12.2 Å². The van der Waals surface area contributed by atoms with Crippen LogP contribution >= 0.6 is 10.7 Å². The molecule has 0 atom stereocenters. The predicted molar refractivity (Wildman–Crippen MR) is 96.9 cm³/mol. The molecule has 0 saturated carbocycles. The molecule has 0 heterocycles. The summed E-state index contributed by atoms with van der Waals surface area (Å²) < 4.78 is 29.8. The standard InChI is InChI=1S/C18H19ClO5S/c1-2-3-7-10-24-15-11-14(18(20)21)12-16(25(19,22)23)17(15)13-8-5-4-6-9-13/h4-6,8-9,11-12H,2-3,7,10H2,1H3,(H,20,21). The van der Waals surface area contributed by atoms with Crippen molar-refractivity contribution in [1.29, 1.82) is 0 Å². The highest BCUT2D eigenvalue weighted by Gasteiger charge is 2.24. The fourth-order valence-corrected chi connectivity index (χ4v) is 3.54. The van der Waals surface area contributed by atoms with Crippen LogP contribution in [0.4, 0.5) is 0 Å². The van der Waals surface area contributed by atoms with Crippen molar-refractivity contribution >= 4 is 25.7 Å². The Kier molecular flexibility index (Phi) is 6.45. The quantitative estimate of drug-likeness (QED) is 0.535. The topological polar surface area (TPSA) is 80.7 Å². The normalized spacial score (nSPS) is 11.3. The van der Waals surface area contributed by atoms with Gasteiger partial charge in [0.1, 0.15) is 5.75 Å². The molecule has 1 N–H and O–H groups in total. The first kappa shape index (κ1) is 19.3. The molecule has 7 heteroatoms. The van der Waals surface area contributed by atoms with E-state index in [9.17, 15) is 18.3 Å². The van der Waals surface area contributed by atoms with E-state index in [2.05, 4.69) is 6.92 Å². The van der Waals surface area contributed by atoms with Crippen molar-refractivity contribution in [3.05, 3.63) is 48.0 Å². The summed E-state index contributed by atoms with van der Waals surface area (Å²) in [5.41, 5.74) is 0.672. The van der Waals surface area contributed by atoms with Crippen molar-refractivity contribution in [3.8, 4) is 16.9 Å². The maximum Gasteiger partial charge on any atom is 0.335 e. The third kappa shape index (κ3) is 4.96. The lowest BCUT2D eigenvalue weighted by Crippen LogP contribution is -2.06. The summed E-state index contributed by atoms with van der Waals surface area (Å²) in [6.45, 7) is 2.41. The Labute approximate surface area is 151 Å². The molecule has 0 aliphatic rings. The van der Waals surface area contributed by atoms with Gasteiger partial charge < -0.3 is 9.84 Å². The molecule has 2 rings (SSSR count). The highest BCUT2D eigenvalue weighted by molar-refractivity contribution is 8.13. The number of rotatable bonds is 8. The van der Waals surface area contributed by atoms with Gasteiger partial charge in [-0.25, -0.2) is 13.2 Å². The average Bonchev–Trinajstić information content (AvgIpc) is 2.58. The second-order valence-corrected chi connectivity index (χ2v) is 8.05. The maximum atomic E-state index is 12.0. The molecule has 2 aromatic carbocycles. The molecule has 0 spiro atoms. The fraction of sp³-hybridized carbons (Fsp3) is 0.278. The van der Waals surface area contributed by atoms with Gasteiger partial charge >= 0.3 is 5.97 Å². The van der Waals surface area contributed by atoms with Gasteiger partial charge in [-0.3, -0.25) is 0 Å². The molecule has 0 amide bonds. The van der Waals surface area contributed by atoms with Crippen LogP contribution in [-0.2, 0) is 9.05 Å². The van der Waals surface area contributed by atoms with Crippen LogP contribution in [-0.4, -0.2) is 26.1 Å². The molecule has 0 unspecified atom stereocenters. The monoisotopic (exact) mass is 382 g/mol. The Morgan fingerprint density at radius 1 is 1.16 bits per heavy atom. The molecular weight excluding hydrogens is 364 g/mol. The molecule has 0 saturated heterocycles.